The van der Waals surface area contributed by atoms with Crippen LogP contribution in [0.15, 0.2) is 48.5 Å². The number of amides is 1. The number of carbonyl (C=O) groups excluding carboxylic acids is 1. The van der Waals surface area contributed by atoms with Crippen molar-refractivity contribution in [3.8, 4) is 17.2 Å². The number of hydrogen-bond donors (Lipinski definition) is 1. The van der Waals surface area contributed by atoms with Crippen LogP contribution in [-0.4, -0.2) is 5.91 Å². The highest BCUT2D eigenvalue weighted by Gasteiger charge is 2.18. The molecule has 5 nitrogen and oxygen atoms in total. The molecular formula is C38H45NO4. The number of nitrogens with one attached hydrogen (secondary N) is 1. The second-order valence-electron chi connectivity index (χ2n) is 11.9. The summed E-state index contributed by atoms with van der Waals surface area (Å²) in [6, 6.07) is 16.5. The molecule has 0 atom stereocenters. The predicted molar refractivity (Wildman–Crippen MR) is 176 cm³/mol. The van der Waals surface area contributed by atoms with Crippen LogP contribution in [0.3, 0.4) is 0 Å². The van der Waals surface area contributed by atoms with Gasteiger partial charge >= 0.3 is 0 Å². The summed E-state index contributed by atoms with van der Waals surface area (Å²) in [7, 11) is 0. The van der Waals surface area contributed by atoms with Crippen molar-refractivity contribution < 1.29 is 19.0 Å². The molecule has 1 N–H and O–H groups in total. The summed E-state index contributed by atoms with van der Waals surface area (Å²) in [4.78, 5) is 12.1. The second-order valence-corrected chi connectivity index (χ2v) is 11.9. The molecule has 0 aliphatic rings. The van der Waals surface area contributed by atoms with Crippen molar-refractivity contribution in [1.29, 1.82) is 0 Å². The van der Waals surface area contributed by atoms with Gasteiger partial charge in [-0.25, -0.2) is 0 Å². The fourth-order valence-corrected chi connectivity index (χ4v) is 5.31. The summed E-state index contributed by atoms with van der Waals surface area (Å²) in [5.74, 6) is 1.35. The largest absolute Gasteiger partial charge is 0.485 e. The van der Waals surface area contributed by atoms with Gasteiger partial charge in [-0.05, 0) is 129 Å². The first-order valence-electron chi connectivity index (χ1n) is 14.9. The topological polar surface area (TPSA) is 56.8 Å². The normalized spacial score (nSPS) is 10.9. The Kier molecular flexibility index (Phi) is 9.85. The molecule has 226 valence electrons. The van der Waals surface area contributed by atoms with Crippen LogP contribution < -0.4 is 19.5 Å². The van der Waals surface area contributed by atoms with Crippen molar-refractivity contribution >= 4 is 11.6 Å². The zero-order chi connectivity index (χ0) is 31.4. The molecule has 0 radical (unpaired) electrons. The minimum Gasteiger partial charge on any atom is -0.485 e. The number of aryl methyl sites for hydroxylation is 6. The third-order valence-electron chi connectivity index (χ3n) is 8.47. The van der Waals surface area contributed by atoms with Crippen LogP contribution in [0.1, 0.15) is 73.7 Å². The van der Waals surface area contributed by atoms with Gasteiger partial charge in [-0.3, -0.25) is 4.79 Å². The van der Waals surface area contributed by atoms with Gasteiger partial charge in [0.05, 0.1) is 0 Å². The Morgan fingerprint density at radius 1 is 0.512 bits per heavy atom. The molecule has 0 fully saturated rings. The van der Waals surface area contributed by atoms with Crippen molar-refractivity contribution in [1.82, 2.24) is 0 Å². The van der Waals surface area contributed by atoms with E-state index in [1.54, 1.807) is 0 Å². The van der Waals surface area contributed by atoms with Crippen molar-refractivity contribution in [2.75, 3.05) is 5.32 Å². The second kappa shape index (κ2) is 13.4. The van der Waals surface area contributed by atoms with Crippen molar-refractivity contribution in [2.24, 2.45) is 0 Å². The van der Waals surface area contributed by atoms with Gasteiger partial charge in [0, 0.05) is 24.7 Å². The Balaban J connectivity index is 1.74. The third kappa shape index (κ3) is 7.78. The molecule has 0 unspecified atom stereocenters. The smallest absolute Gasteiger partial charge is 0.221 e. The first-order valence-corrected chi connectivity index (χ1v) is 14.9. The lowest BCUT2D eigenvalue weighted by Crippen LogP contribution is -2.09. The fraction of sp³-hybridized carbons (Fsp3) is 0.342. The first kappa shape index (κ1) is 31.7. The van der Waals surface area contributed by atoms with Gasteiger partial charge in [-0.15, -0.1) is 0 Å². The summed E-state index contributed by atoms with van der Waals surface area (Å²) in [6.07, 6.45) is 0. The molecule has 5 heteroatoms. The van der Waals surface area contributed by atoms with Crippen LogP contribution in [0.5, 0.6) is 17.2 Å². The van der Waals surface area contributed by atoms with E-state index >= 15 is 0 Å². The number of rotatable bonds is 10. The van der Waals surface area contributed by atoms with E-state index in [9.17, 15) is 4.79 Å². The Labute approximate surface area is 257 Å². The lowest BCUT2D eigenvalue weighted by atomic mass is 10.0. The van der Waals surface area contributed by atoms with Gasteiger partial charge < -0.3 is 19.5 Å². The fourth-order valence-electron chi connectivity index (χ4n) is 5.31. The predicted octanol–water partition coefficient (Wildman–Crippen LogP) is 9.16. The van der Waals surface area contributed by atoms with E-state index in [1.807, 2.05) is 12.1 Å². The molecule has 0 aliphatic heterocycles. The minimum atomic E-state index is -0.175. The minimum absolute atomic E-state index is 0.175. The van der Waals surface area contributed by atoms with Crippen LogP contribution in [0, 0.1) is 62.3 Å². The number of carbonyl (C=O) groups is 1. The van der Waals surface area contributed by atoms with Gasteiger partial charge in [-0.1, -0.05) is 36.4 Å². The van der Waals surface area contributed by atoms with E-state index in [-0.39, 0.29) is 5.91 Å². The van der Waals surface area contributed by atoms with Crippen molar-refractivity contribution in [2.45, 2.75) is 89.1 Å². The van der Waals surface area contributed by atoms with Crippen LogP contribution in [-0.2, 0) is 24.6 Å². The molecule has 4 aromatic carbocycles. The van der Waals surface area contributed by atoms with Crippen LogP contribution in [0.4, 0.5) is 5.69 Å². The summed E-state index contributed by atoms with van der Waals surface area (Å²) in [6.45, 7) is 21.6. The number of ether oxygens (including phenoxy) is 3. The number of benzene rings is 4. The van der Waals surface area contributed by atoms with E-state index in [0.29, 0.717) is 42.8 Å². The highest BCUT2D eigenvalue weighted by Crippen LogP contribution is 2.42. The standard InChI is InChI=1S/C38H45NO4/c1-22-11-32(12-23(2)28(22)7)19-41-36-17-35(39-31(10)40)18-37(42-20-33-13-24(3)29(8)25(4)14-33)38(36)43-21-34-15-26(5)30(9)27(6)16-34/h11-18H,19-21H2,1-10H3,(H,39,40). The average Bonchev–Trinajstić information content (AvgIpc) is 2.93. The zero-order valence-electron chi connectivity index (χ0n) is 27.4. The number of hydrogen-bond acceptors (Lipinski definition) is 4. The number of anilines is 1. The summed E-state index contributed by atoms with van der Waals surface area (Å²) >= 11 is 0. The highest BCUT2D eigenvalue weighted by atomic mass is 16.5. The van der Waals surface area contributed by atoms with Gasteiger partial charge in [0.2, 0.25) is 11.7 Å². The monoisotopic (exact) mass is 579 g/mol. The molecule has 0 aliphatic carbocycles. The average molecular weight is 580 g/mol. The van der Waals surface area contributed by atoms with Gasteiger partial charge in [0.25, 0.3) is 0 Å². The maximum atomic E-state index is 12.1. The Bertz CT molecular complexity index is 1520. The zero-order valence-corrected chi connectivity index (χ0v) is 27.4. The van der Waals surface area contributed by atoms with Gasteiger partial charge in [0.15, 0.2) is 11.5 Å². The van der Waals surface area contributed by atoms with Crippen LogP contribution in [0.2, 0.25) is 0 Å². The SMILES string of the molecule is CC(=O)Nc1cc(OCc2cc(C)c(C)c(C)c2)c(OCc2cc(C)c(C)c(C)c2)c(OCc2cc(C)c(C)c(C)c2)c1. The molecule has 0 saturated heterocycles. The van der Waals surface area contributed by atoms with Crippen LogP contribution >= 0.6 is 0 Å². The summed E-state index contributed by atoms with van der Waals surface area (Å²) in [5.41, 5.74) is 15.0. The molecule has 0 heterocycles. The third-order valence-corrected chi connectivity index (χ3v) is 8.47. The van der Waals surface area contributed by atoms with Crippen molar-refractivity contribution in [3.05, 3.63) is 115 Å². The van der Waals surface area contributed by atoms with E-state index in [0.717, 1.165) is 16.7 Å². The van der Waals surface area contributed by atoms with Gasteiger partial charge in [-0.2, -0.15) is 0 Å². The van der Waals surface area contributed by atoms with Gasteiger partial charge in [0.1, 0.15) is 19.8 Å². The molecule has 0 bridgehead atoms. The lowest BCUT2D eigenvalue weighted by molar-refractivity contribution is -0.114. The maximum Gasteiger partial charge on any atom is 0.221 e. The Hall–Kier alpha value is -4.25. The quantitative estimate of drug-likeness (QED) is 0.204. The first-order chi connectivity index (χ1) is 20.3. The highest BCUT2D eigenvalue weighted by molar-refractivity contribution is 5.89. The van der Waals surface area contributed by atoms with Crippen molar-refractivity contribution in [3.63, 3.8) is 0 Å². The molecule has 4 rings (SSSR count). The molecule has 4 aromatic rings. The Morgan fingerprint density at radius 3 is 1.12 bits per heavy atom. The molecular weight excluding hydrogens is 534 g/mol. The molecule has 43 heavy (non-hydrogen) atoms. The van der Waals surface area contributed by atoms with E-state index in [2.05, 4.69) is 104 Å². The molecule has 0 spiro atoms. The molecule has 0 aromatic heterocycles. The van der Waals surface area contributed by atoms with E-state index in [1.165, 1.54) is 57.0 Å². The molecule has 1 amide bonds. The maximum absolute atomic E-state index is 12.1. The van der Waals surface area contributed by atoms with Crippen LogP contribution in [0.25, 0.3) is 0 Å². The summed E-state index contributed by atoms with van der Waals surface area (Å²) < 4.78 is 19.4. The molecule has 0 saturated carbocycles. The Morgan fingerprint density at radius 2 is 0.814 bits per heavy atom. The summed E-state index contributed by atoms with van der Waals surface area (Å²) in [5, 5.41) is 2.90. The van der Waals surface area contributed by atoms with E-state index in [4.69, 9.17) is 14.2 Å². The lowest BCUT2D eigenvalue weighted by Gasteiger charge is -2.20. The van der Waals surface area contributed by atoms with E-state index < -0.39 is 0 Å².